The van der Waals surface area contributed by atoms with Gasteiger partial charge in [-0.05, 0) is 30.9 Å². The van der Waals surface area contributed by atoms with Crippen molar-refractivity contribution in [1.29, 1.82) is 0 Å². The standard InChI is InChI=1S/C13H18N2O3/c1-17-10-4-5-11(14)12(6-10)15-13(16)8-18-7-9-2-3-9/h4-6,9H,2-3,7-8,14H2,1H3,(H,15,16). The van der Waals surface area contributed by atoms with E-state index in [0.717, 1.165) is 0 Å². The second kappa shape index (κ2) is 5.73. The molecule has 1 aromatic carbocycles. The Bertz CT molecular complexity index is 430. The lowest BCUT2D eigenvalue weighted by molar-refractivity contribution is -0.120. The van der Waals surface area contributed by atoms with Crippen LogP contribution in [0.3, 0.4) is 0 Å². The summed E-state index contributed by atoms with van der Waals surface area (Å²) in [6.07, 6.45) is 2.43. The summed E-state index contributed by atoms with van der Waals surface area (Å²) in [6, 6.07) is 5.13. The molecule has 98 valence electrons. The van der Waals surface area contributed by atoms with Crippen LogP contribution in [0.4, 0.5) is 11.4 Å². The number of nitrogens with one attached hydrogen (secondary N) is 1. The van der Waals surface area contributed by atoms with Crippen LogP contribution in [0.1, 0.15) is 12.8 Å². The zero-order valence-corrected chi connectivity index (χ0v) is 10.4. The second-order valence-corrected chi connectivity index (χ2v) is 4.46. The number of benzene rings is 1. The number of rotatable bonds is 6. The maximum absolute atomic E-state index is 11.6. The molecule has 5 heteroatoms. The molecular weight excluding hydrogens is 232 g/mol. The molecule has 0 atom stereocenters. The van der Waals surface area contributed by atoms with Crippen molar-refractivity contribution in [3.63, 3.8) is 0 Å². The molecule has 0 radical (unpaired) electrons. The quantitative estimate of drug-likeness (QED) is 0.753. The molecule has 0 bridgehead atoms. The lowest BCUT2D eigenvalue weighted by atomic mass is 10.2. The number of anilines is 2. The Morgan fingerprint density at radius 3 is 2.94 bits per heavy atom. The van der Waals surface area contributed by atoms with Crippen LogP contribution in [0.5, 0.6) is 5.75 Å². The third-order valence-electron chi connectivity index (χ3n) is 2.82. The zero-order chi connectivity index (χ0) is 13.0. The zero-order valence-electron chi connectivity index (χ0n) is 10.4. The van der Waals surface area contributed by atoms with Crippen LogP contribution < -0.4 is 15.8 Å². The van der Waals surface area contributed by atoms with Crippen molar-refractivity contribution in [2.75, 3.05) is 31.4 Å². The lowest BCUT2D eigenvalue weighted by Crippen LogP contribution is -2.19. The first kappa shape index (κ1) is 12.7. The third kappa shape index (κ3) is 3.63. The molecule has 0 spiro atoms. The van der Waals surface area contributed by atoms with Crippen molar-refractivity contribution < 1.29 is 14.3 Å². The maximum Gasteiger partial charge on any atom is 0.250 e. The highest BCUT2D eigenvalue weighted by molar-refractivity contribution is 5.94. The molecule has 0 aliphatic heterocycles. The highest BCUT2D eigenvalue weighted by Crippen LogP contribution is 2.28. The Labute approximate surface area is 106 Å². The maximum atomic E-state index is 11.6. The van der Waals surface area contributed by atoms with Crippen molar-refractivity contribution in [3.05, 3.63) is 18.2 Å². The van der Waals surface area contributed by atoms with E-state index in [4.69, 9.17) is 15.2 Å². The summed E-state index contributed by atoms with van der Waals surface area (Å²) in [6.45, 7) is 0.730. The van der Waals surface area contributed by atoms with Crippen LogP contribution in [0.2, 0.25) is 0 Å². The van der Waals surface area contributed by atoms with Gasteiger partial charge in [-0.1, -0.05) is 0 Å². The summed E-state index contributed by atoms with van der Waals surface area (Å²) in [5, 5.41) is 2.71. The average molecular weight is 250 g/mol. The molecule has 1 amide bonds. The largest absolute Gasteiger partial charge is 0.497 e. The Balaban J connectivity index is 1.84. The molecule has 0 heterocycles. The highest BCUT2D eigenvalue weighted by Gasteiger charge is 2.21. The number of ether oxygens (including phenoxy) is 2. The molecule has 0 saturated heterocycles. The smallest absolute Gasteiger partial charge is 0.250 e. The Hall–Kier alpha value is -1.75. The van der Waals surface area contributed by atoms with E-state index < -0.39 is 0 Å². The Morgan fingerprint density at radius 1 is 1.50 bits per heavy atom. The van der Waals surface area contributed by atoms with Crippen LogP contribution in [-0.2, 0) is 9.53 Å². The van der Waals surface area contributed by atoms with Gasteiger partial charge in [0.1, 0.15) is 12.4 Å². The van der Waals surface area contributed by atoms with Crippen molar-refractivity contribution in [3.8, 4) is 5.75 Å². The predicted molar refractivity (Wildman–Crippen MR) is 69.6 cm³/mol. The van der Waals surface area contributed by atoms with Gasteiger partial charge < -0.3 is 20.5 Å². The molecule has 3 N–H and O–H groups in total. The van der Waals surface area contributed by atoms with Crippen LogP contribution in [0.15, 0.2) is 18.2 Å². The topological polar surface area (TPSA) is 73.6 Å². The minimum absolute atomic E-state index is 0.0626. The molecule has 1 aromatic rings. The summed E-state index contributed by atoms with van der Waals surface area (Å²) < 4.78 is 10.4. The molecule has 0 aromatic heterocycles. The van der Waals surface area contributed by atoms with Gasteiger partial charge in [-0.3, -0.25) is 4.79 Å². The molecule has 1 fully saturated rings. The SMILES string of the molecule is COc1ccc(N)c(NC(=O)COCC2CC2)c1. The van der Waals surface area contributed by atoms with Gasteiger partial charge >= 0.3 is 0 Å². The average Bonchev–Trinajstić information content (AvgIpc) is 3.16. The van der Waals surface area contributed by atoms with Crippen LogP contribution in [-0.4, -0.2) is 26.2 Å². The van der Waals surface area contributed by atoms with Crippen LogP contribution in [0, 0.1) is 5.92 Å². The molecule has 18 heavy (non-hydrogen) atoms. The third-order valence-corrected chi connectivity index (χ3v) is 2.82. The number of carbonyl (C=O) groups is 1. The van der Waals surface area contributed by atoms with E-state index in [0.29, 0.717) is 29.6 Å². The summed E-state index contributed by atoms with van der Waals surface area (Å²) in [4.78, 5) is 11.6. The van der Waals surface area contributed by atoms with Crippen LogP contribution in [0.25, 0.3) is 0 Å². The van der Waals surface area contributed by atoms with E-state index in [9.17, 15) is 4.79 Å². The van der Waals surface area contributed by atoms with E-state index in [1.165, 1.54) is 12.8 Å². The molecule has 1 aliphatic carbocycles. The molecule has 5 nitrogen and oxygen atoms in total. The Morgan fingerprint density at radius 2 is 2.28 bits per heavy atom. The van der Waals surface area contributed by atoms with Crippen LogP contribution >= 0.6 is 0 Å². The summed E-state index contributed by atoms with van der Waals surface area (Å²) >= 11 is 0. The number of hydrogen-bond acceptors (Lipinski definition) is 4. The first-order valence-electron chi connectivity index (χ1n) is 6.00. The summed E-state index contributed by atoms with van der Waals surface area (Å²) in [7, 11) is 1.57. The molecular formula is C13H18N2O3. The van der Waals surface area contributed by atoms with Gasteiger partial charge in [-0.25, -0.2) is 0 Å². The molecule has 1 aliphatic rings. The molecule has 1 saturated carbocycles. The monoisotopic (exact) mass is 250 g/mol. The lowest BCUT2D eigenvalue weighted by Gasteiger charge is -2.10. The van der Waals surface area contributed by atoms with Gasteiger partial charge in [0, 0.05) is 6.07 Å². The van der Waals surface area contributed by atoms with Gasteiger partial charge in [0.2, 0.25) is 5.91 Å². The van der Waals surface area contributed by atoms with Gasteiger partial charge in [-0.15, -0.1) is 0 Å². The van der Waals surface area contributed by atoms with Crippen molar-refractivity contribution in [1.82, 2.24) is 0 Å². The number of methoxy groups -OCH3 is 1. The van der Waals surface area contributed by atoms with Gasteiger partial charge in [0.15, 0.2) is 0 Å². The van der Waals surface area contributed by atoms with E-state index >= 15 is 0 Å². The highest BCUT2D eigenvalue weighted by atomic mass is 16.5. The second-order valence-electron chi connectivity index (χ2n) is 4.46. The van der Waals surface area contributed by atoms with E-state index in [2.05, 4.69) is 5.32 Å². The fourth-order valence-corrected chi connectivity index (χ4v) is 1.56. The normalized spacial score (nSPS) is 14.3. The fourth-order valence-electron chi connectivity index (χ4n) is 1.56. The first-order valence-corrected chi connectivity index (χ1v) is 6.00. The van der Waals surface area contributed by atoms with Crippen molar-refractivity contribution >= 4 is 17.3 Å². The van der Waals surface area contributed by atoms with E-state index in [1.807, 2.05) is 0 Å². The van der Waals surface area contributed by atoms with Gasteiger partial charge in [0.05, 0.1) is 25.1 Å². The number of carbonyl (C=O) groups excluding carboxylic acids is 1. The minimum Gasteiger partial charge on any atom is -0.497 e. The fraction of sp³-hybridized carbons (Fsp3) is 0.462. The van der Waals surface area contributed by atoms with Crippen molar-refractivity contribution in [2.24, 2.45) is 5.92 Å². The number of nitrogens with two attached hydrogens (primary N) is 1. The van der Waals surface area contributed by atoms with Gasteiger partial charge in [-0.2, -0.15) is 0 Å². The van der Waals surface area contributed by atoms with E-state index in [-0.39, 0.29) is 12.5 Å². The Kier molecular flexibility index (Phi) is 4.04. The number of hydrogen-bond donors (Lipinski definition) is 2. The number of amides is 1. The number of nitrogen functional groups attached to an aromatic ring is 1. The van der Waals surface area contributed by atoms with Crippen molar-refractivity contribution in [2.45, 2.75) is 12.8 Å². The van der Waals surface area contributed by atoms with Gasteiger partial charge in [0.25, 0.3) is 0 Å². The molecule has 0 unspecified atom stereocenters. The summed E-state index contributed by atoms with van der Waals surface area (Å²) in [5.41, 5.74) is 6.82. The first-order chi connectivity index (χ1) is 8.69. The summed E-state index contributed by atoms with van der Waals surface area (Å²) in [5.74, 6) is 1.11. The van der Waals surface area contributed by atoms with E-state index in [1.54, 1.807) is 25.3 Å². The minimum atomic E-state index is -0.199. The predicted octanol–water partition coefficient (Wildman–Crippen LogP) is 1.64. The molecule has 2 rings (SSSR count).